The van der Waals surface area contributed by atoms with Crippen molar-refractivity contribution in [2.45, 2.75) is 0 Å². The number of carboxylic acid groups (broad SMARTS) is 2. The summed E-state index contributed by atoms with van der Waals surface area (Å²) in [5.74, 6) is -3.38. The molecule has 0 saturated heterocycles. The summed E-state index contributed by atoms with van der Waals surface area (Å²) in [6, 6.07) is 0. The van der Waals surface area contributed by atoms with E-state index in [1.54, 1.807) is 0 Å². The maximum Gasteiger partial charge on any atom is 1.00 e. The molecule has 0 fully saturated rings. The molecule has 0 aromatic carbocycles. The van der Waals surface area contributed by atoms with E-state index in [0.717, 1.165) is 12.4 Å². The molecule has 1 aromatic rings. The second-order valence-corrected chi connectivity index (χ2v) is 1.83. The third kappa shape index (κ3) is 4.88. The largest absolute Gasteiger partial charge is 1.00 e. The quantitative estimate of drug-likeness (QED) is 0.478. The minimum Gasteiger partial charge on any atom is -0.543 e. The molecule has 0 radical (unpaired) electrons. The molecule has 14 heavy (non-hydrogen) atoms. The molecule has 0 aliphatic rings. The average molecular weight is 244 g/mol. The van der Waals surface area contributed by atoms with Gasteiger partial charge in [0.25, 0.3) is 0 Å². The monoisotopic (exact) mass is 244 g/mol. The Bertz CT molecular complexity index is 311. The fourth-order valence-electron chi connectivity index (χ4n) is 0.637. The summed E-state index contributed by atoms with van der Waals surface area (Å²) in [5, 5.41) is 20.4. The van der Waals surface area contributed by atoms with Crippen LogP contribution >= 0.6 is 0 Å². The van der Waals surface area contributed by atoms with Crippen molar-refractivity contribution in [2.24, 2.45) is 0 Å². The van der Waals surface area contributed by atoms with Crippen LogP contribution in [0.15, 0.2) is 12.4 Å². The Balaban J connectivity index is 0. The van der Waals surface area contributed by atoms with Gasteiger partial charge in [-0.15, -0.1) is 0 Å². The maximum atomic E-state index is 10.2. The number of carbonyl (C=O) groups is 2. The second-order valence-electron chi connectivity index (χ2n) is 1.83. The van der Waals surface area contributed by atoms with Crippen molar-refractivity contribution >= 4 is 11.9 Å². The molecular formula is C6H2K2N2O4. The number of rotatable bonds is 2. The van der Waals surface area contributed by atoms with Gasteiger partial charge in [0.15, 0.2) is 0 Å². The van der Waals surface area contributed by atoms with E-state index in [0.29, 0.717) is 0 Å². The van der Waals surface area contributed by atoms with Crippen LogP contribution in [-0.2, 0) is 0 Å². The van der Waals surface area contributed by atoms with Crippen LogP contribution in [0.1, 0.15) is 21.0 Å². The summed E-state index contributed by atoms with van der Waals surface area (Å²) in [7, 11) is 0. The summed E-state index contributed by atoms with van der Waals surface area (Å²) in [4.78, 5) is 27.0. The van der Waals surface area contributed by atoms with Crippen molar-refractivity contribution in [3.63, 3.8) is 0 Å². The van der Waals surface area contributed by atoms with Crippen molar-refractivity contribution in [2.75, 3.05) is 0 Å². The topological polar surface area (TPSA) is 106 Å². The standard InChI is InChI=1S/C6H4N2O4.2K/c9-5(10)3-4(6(11)12)8-2-1-7-3;;/h1-2H,(H,9,10)(H,11,12);;/q;2*+1/p-2. The van der Waals surface area contributed by atoms with E-state index < -0.39 is 23.3 Å². The van der Waals surface area contributed by atoms with Crippen LogP contribution in [-0.4, -0.2) is 21.9 Å². The van der Waals surface area contributed by atoms with Gasteiger partial charge in [0, 0.05) is 12.4 Å². The first kappa shape index (κ1) is 17.7. The van der Waals surface area contributed by atoms with Crippen LogP contribution in [0.2, 0.25) is 0 Å². The third-order valence-electron chi connectivity index (χ3n) is 1.08. The first-order chi connectivity index (χ1) is 5.63. The van der Waals surface area contributed by atoms with Gasteiger partial charge in [-0.25, -0.2) is 0 Å². The van der Waals surface area contributed by atoms with Gasteiger partial charge in [0.1, 0.15) is 11.4 Å². The third-order valence-corrected chi connectivity index (χ3v) is 1.08. The molecule has 1 heterocycles. The Morgan fingerprint density at radius 1 is 0.929 bits per heavy atom. The van der Waals surface area contributed by atoms with Crippen LogP contribution in [0.4, 0.5) is 0 Å². The molecule has 6 nitrogen and oxygen atoms in total. The second kappa shape index (κ2) is 8.45. The van der Waals surface area contributed by atoms with Crippen LogP contribution in [0.5, 0.6) is 0 Å². The predicted molar refractivity (Wildman–Crippen MR) is 30.7 cm³/mol. The van der Waals surface area contributed by atoms with Gasteiger partial charge in [-0.05, 0) is 0 Å². The minimum absolute atomic E-state index is 0. The maximum absolute atomic E-state index is 10.2. The smallest absolute Gasteiger partial charge is 0.543 e. The summed E-state index contributed by atoms with van der Waals surface area (Å²) in [6.07, 6.45) is 2.11. The molecule has 0 bridgehead atoms. The van der Waals surface area contributed by atoms with Crippen molar-refractivity contribution in [1.29, 1.82) is 0 Å². The Labute approximate surface area is 164 Å². The molecule has 0 saturated carbocycles. The normalized spacial score (nSPS) is 8.00. The average Bonchev–Trinajstić information content (AvgIpc) is 2.04. The molecular weight excluding hydrogens is 242 g/mol. The van der Waals surface area contributed by atoms with Crippen molar-refractivity contribution in [3.8, 4) is 0 Å². The first-order valence-electron chi connectivity index (χ1n) is 2.86. The van der Waals surface area contributed by atoms with E-state index in [1.807, 2.05) is 0 Å². The van der Waals surface area contributed by atoms with E-state index in [4.69, 9.17) is 0 Å². The van der Waals surface area contributed by atoms with Gasteiger partial charge < -0.3 is 19.8 Å². The van der Waals surface area contributed by atoms with Crippen molar-refractivity contribution < 1.29 is 123 Å². The number of aromatic nitrogens is 2. The van der Waals surface area contributed by atoms with E-state index in [1.165, 1.54) is 0 Å². The van der Waals surface area contributed by atoms with Gasteiger partial charge in [0.05, 0.1) is 11.9 Å². The number of hydrogen-bond acceptors (Lipinski definition) is 6. The van der Waals surface area contributed by atoms with E-state index in [-0.39, 0.29) is 103 Å². The zero-order valence-corrected chi connectivity index (χ0v) is 13.9. The molecule has 0 unspecified atom stereocenters. The van der Waals surface area contributed by atoms with Gasteiger partial charge in [-0.3, -0.25) is 9.97 Å². The Morgan fingerprint density at radius 3 is 1.43 bits per heavy atom. The van der Waals surface area contributed by atoms with Gasteiger partial charge in [-0.2, -0.15) is 0 Å². The molecule has 62 valence electrons. The minimum atomic E-state index is -1.69. The predicted octanol–water partition coefficient (Wildman–Crippen LogP) is -8.79. The van der Waals surface area contributed by atoms with Gasteiger partial charge in [-0.1, -0.05) is 0 Å². The molecule has 1 aromatic heterocycles. The Kier molecular flexibility index (Phi) is 10.7. The summed E-state index contributed by atoms with van der Waals surface area (Å²) in [6.45, 7) is 0. The number of nitrogens with zero attached hydrogens (tertiary/aromatic N) is 2. The van der Waals surface area contributed by atoms with E-state index >= 15 is 0 Å². The molecule has 0 spiro atoms. The molecule has 1 rings (SSSR count). The summed E-state index contributed by atoms with van der Waals surface area (Å²) >= 11 is 0. The molecule has 0 aliphatic heterocycles. The van der Waals surface area contributed by atoms with Gasteiger partial charge in [0.2, 0.25) is 0 Å². The Hall–Kier alpha value is 1.29. The zero-order chi connectivity index (χ0) is 9.14. The van der Waals surface area contributed by atoms with Crippen LogP contribution < -0.4 is 113 Å². The Morgan fingerprint density at radius 2 is 1.21 bits per heavy atom. The van der Waals surface area contributed by atoms with Crippen molar-refractivity contribution in [3.05, 3.63) is 23.8 Å². The molecule has 0 N–H and O–H groups in total. The molecule has 0 aliphatic carbocycles. The van der Waals surface area contributed by atoms with Gasteiger partial charge >= 0.3 is 103 Å². The molecule has 8 heteroatoms. The van der Waals surface area contributed by atoms with Crippen LogP contribution in [0.3, 0.4) is 0 Å². The molecule has 0 amide bonds. The van der Waals surface area contributed by atoms with E-state index in [2.05, 4.69) is 9.97 Å². The van der Waals surface area contributed by atoms with Crippen LogP contribution in [0.25, 0.3) is 0 Å². The SMILES string of the molecule is O=C([O-])c1nccnc1C(=O)[O-].[K+].[K+]. The van der Waals surface area contributed by atoms with Crippen LogP contribution in [0, 0.1) is 0 Å². The fourth-order valence-corrected chi connectivity index (χ4v) is 0.637. The number of aromatic carboxylic acids is 2. The summed E-state index contributed by atoms with van der Waals surface area (Å²) < 4.78 is 0. The zero-order valence-electron chi connectivity index (χ0n) is 7.68. The number of hydrogen-bond donors (Lipinski definition) is 0. The number of carbonyl (C=O) groups excluding carboxylic acids is 2. The number of carboxylic acids is 2. The fraction of sp³-hybridized carbons (Fsp3) is 0. The first-order valence-corrected chi connectivity index (χ1v) is 2.86. The van der Waals surface area contributed by atoms with E-state index in [9.17, 15) is 19.8 Å². The summed E-state index contributed by atoms with van der Waals surface area (Å²) in [5.41, 5.74) is -1.45. The van der Waals surface area contributed by atoms with Crippen molar-refractivity contribution in [1.82, 2.24) is 9.97 Å². The molecule has 0 atom stereocenters.